The summed E-state index contributed by atoms with van der Waals surface area (Å²) >= 11 is 6.03. The van der Waals surface area contributed by atoms with E-state index in [1.54, 1.807) is 32.2 Å². The molecule has 6 heterocycles. The summed E-state index contributed by atoms with van der Waals surface area (Å²) in [6.07, 6.45) is 13.7. The van der Waals surface area contributed by atoms with Crippen molar-refractivity contribution in [3.8, 4) is 22.3 Å². The minimum absolute atomic E-state index is 0.216. The number of nitrogen functional groups attached to an aromatic ring is 1. The highest BCUT2D eigenvalue weighted by Gasteiger charge is 2.21. The minimum Gasteiger partial charge on any atom is -0.463 e. The van der Waals surface area contributed by atoms with E-state index < -0.39 is 0 Å². The van der Waals surface area contributed by atoms with Crippen molar-refractivity contribution in [1.82, 2.24) is 29.9 Å². The predicted molar refractivity (Wildman–Crippen MR) is 282 cm³/mol. The lowest BCUT2D eigenvalue weighted by Gasteiger charge is -2.29. The Morgan fingerprint density at radius 2 is 1.18 bits per heavy atom. The number of nitrogens with one attached hydrogen (secondary N) is 3. The molecule has 8 aromatic rings. The maximum absolute atomic E-state index is 11.7. The van der Waals surface area contributed by atoms with Crippen LogP contribution in [-0.2, 0) is 28.5 Å². The fraction of sp³-hybridized carbons (Fsp3) is 0.222. The quantitative estimate of drug-likeness (QED) is 0.0390. The number of rotatable bonds is 12. The van der Waals surface area contributed by atoms with Crippen LogP contribution in [0.2, 0.25) is 5.28 Å². The largest absolute Gasteiger partial charge is 0.463 e. The van der Waals surface area contributed by atoms with E-state index in [2.05, 4.69) is 46.1 Å². The van der Waals surface area contributed by atoms with Crippen molar-refractivity contribution in [1.29, 1.82) is 0 Å². The molecule has 17 heteroatoms. The van der Waals surface area contributed by atoms with Crippen molar-refractivity contribution in [2.45, 2.75) is 13.8 Å². The molecule has 2 aliphatic heterocycles. The summed E-state index contributed by atoms with van der Waals surface area (Å²) in [4.78, 5) is 52.1. The number of para-hydroxylation sites is 2. The van der Waals surface area contributed by atoms with Crippen LogP contribution in [0.3, 0.4) is 0 Å². The Hall–Kier alpha value is -8.05. The molecule has 0 radical (unpaired) electrons. The normalized spacial score (nSPS) is 13.7. The number of morpholine rings is 2. The molecule has 0 unspecified atom stereocenters. The smallest absolute Gasteiger partial charge is 0.330 e. The third-order valence-electron chi connectivity index (χ3n) is 11.4. The van der Waals surface area contributed by atoms with Crippen molar-refractivity contribution in [2.24, 2.45) is 0 Å². The van der Waals surface area contributed by atoms with Crippen molar-refractivity contribution < 1.29 is 28.5 Å². The first kappa shape index (κ1) is 49.4. The molecule has 0 amide bonds. The number of anilines is 5. The molecule has 16 nitrogen and oxygen atoms in total. The molecule has 2 aliphatic rings. The van der Waals surface area contributed by atoms with Gasteiger partial charge in [-0.25, -0.2) is 19.6 Å². The van der Waals surface area contributed by atoms with Crippen molar-refractivity contribution in [2.75, 3.05) is 86.7 Å². The van der Waals surface area contributed by atoms with Gasteiger partial charge < -0.3 is 49.8 Å². The van der Waals surface area contributed by atoms with Gasteiger partial charge in [-0.2, -0.15) is 9.97 Å². The van der Waals surface area contributed by atoms with Gasteiger partial charge >= 0.3 is 11.9 Å². The van der Waals surface area contributed by atoms with E-state index in [9.17, 15) is 9.59 Å². The van der Waals surface area contributed by atoms with Crippen LogP contribution in [0, 0.1) is 0 Å². The first-order chi connectivity index (χ1) is 34.8. The molecule has 2 saturated heterocycles. The van der Waals surface area contributed by atoms with E-state index in [1.807, 2.05) is 110 Å². The molecule has 0 bridgehead atoms. The van der Waals surface area contributed by atoms with Gasteiger partial charge in [0.15, 0.2) is 0 Å². The highest BCUT2D eigenvalue weighted by Crippen LogP contribution is 2.34. The van der Waals surface area contributed by atoms with E-state index >= 15 is 0 Å². The van der Waals surface area contributed by atoms with Gasteiger partial charge in [0.2, 0.25) is 11.2 Å². The number of H-pyrrole nitrogens is 2. The fourth-order valence-electron chi connectivity index (χ4n) is 7.97. The standard InChI is InChI=1S/C27H27N5O3.C19H20ClN3O3.C8H8N2/c1-2-35-24(33)10-9-19-5-3-7-21(17-19)22-18-29-27(31-26(22)32-13-15-34-16-14-32)30-23-8-4-6-20-11-12-28-25(20)23;1-2-26-17(24)7-6-14-4-3-5-15(12-14)16-13-21-19(20)22-18(16)23-8-10-25-11-9-23;9-7-3-1-2-6-4-5-10-8(6)7/h3-12,17-18,28H,2,13-16H2,1H3,(H,29,30,31);3-7,12-13H,2,8-11H2,1H3;1-5,10H,9H2/b10-9+;7-6+;. The number of carbonyl (C=O) groups excluding carboxylic acids is 2. The fourth-order valence-corrected chi connectivity index (χ4v) is 8.10. The second-order valence-corrected chi connectivity index (χ2v) is 16.4. The van der Waals surface area contributed by atoms with Crippen LogP contribution in [-0.4, -0.2) is 108 Å². The molecule has 5 N–H and O–H groups in total. The van der Waals surface area contributed by atoms with E-state index in [-0.39, 0.29) is 17.2 Å². The topological polar surface area (TPSA) is 199 Å². The maximum atomic E-state index is 11.7. The van der Waals surface area contributed by atoms with Crippen LogP contribution in [0.5, 0.6) is 0 Å². The number of hydrogen-bond donors (Lipinski definition) is 4. The van der Waals surface area contributed by atoms with Crippen LogP contribution < -0.4 is 20.9 Å². The average molecular weight is 976 g/mol. The van der Waals surface area contributed by atoms with E-state index in [0.29, 0.717) is 45.6 Å². The summed E-state index contributed by atoms with van der Waals surface area (Å²) in [7, 11) is 0. The van der Waals surface area contributed by atoms with Crippen LogP contribution in [0.1, 0.15) is 25.0 Å². The Bertz CT molecular complexity index is 3120. The molecule has 2 fully saturated rings. The number of nitrogens with zero attached hydrogens (tertiary/aromatic N) is 6. The molecule has 10 rings (SSSR count). The lowest BCUT2D eigenvalue weighted by atomic mass is 10.0. The second-order valence-electron chi connectivity index (χ2n) is 16.1. The number of hydrogen-bond acceptors (Lipinski definition) is 14. The average Bonchev–Trinajstić information content (AvgIpc) is 4.11. The van der Waals surface area contributed by atoms with Crippen molar-refractivity contribution >= 4 is 86.5 Å². The Balaban J connectivity index is 0.000000163. The number of carbonyl (C=O) groups is 2. The van der Waals surface area contributed by atoms with Crippen molar-refractivity contribution in [3.05, 3.63) is 150 Å². The van der Waals surface area contributed by atoms with Gasteiger partial charge in [-0.1, -0.05) is 60.7 Å². The first-order valence-electron chi connectivity index (χ1n) is 23.4. The Labute approximate surface area is 416 Å². The molecule has 364 valence electrons. The summed E-state index contributed by atoms with van der Waals surface area (Å²) in [6.45, 7) is 9.88. The number of ether oxygens (including phenoxy) is 4. The van der Waals surface area contributed by atoms with Gasteiger partial charge in [0, 0.05) is 85.0 Å². The lowest BCUT2D eigenvalue weighted by molar-refractivity contribution is -0.138. The van der Waals surface area contributed by atoms with Crippen LogP contribution >= 0.6 is 11.6 Å². The minimum atomic E-state index is -0.360. The molecule has 0 aliphatic carbocycles. The van der Waals surface area contributed by atoms with E-state index in [4.69, 9.17) is 41.3 Å². The predicted octanol–water partition coefficient (Wildman–Crippen LogP) is 9.74. The zero-order valence-electron chi connectivity index (χ0n) is 39.5. The van der Waals surface area contributed by atoms with Crippen LogP contribution in [0.25, 0.3) is 56.2 Å². The zero-order valence-corrected chi connectivity index (χ0v) is 40.3. The summed E-state index contributed by atoms with van der Waals surface area (Å²) in [5.74, 6) is 1.44. The van der Waals surface area contributed by atoms with Crippen LogP contribution in [0.4, 0.5) is 29.0 Å². The number of fused-ring (bicyclic) bond motifs is 2. The maximum Gasteiger partial charge on any atom is 0.330 e. The molecular formula is C54H55ClN10O6. The molecule has 0 atom stereocenters. The Morgan fingerprint density at radius 1 is 0.676 bits per heavy atom. The number of benzene rings is 4. The highest BCUT2D eigenvalue weighted by atomic mass is 35.5. The Morgan fingerprint density at radius 3 is 1.75 bits per heavy atom. The van der Waals surface area contributed by atoms with Crippen molar-refractivity contribution in [3.63, 3.8) is 0 Å². The summed E-state index contributed by atoms with van der Waals surface area (Å²) in [5, 5.41) is 5.87. The zero-order chi connectivity index (χ0) is 49.4. The lowest BCUT2D eigenvalue weighted by Crippen LogP contribution is -2.37. The number of aromatic amines is 2. The van der Waals surface area contributed by atoms with Gasteiger partial charge in [0.25, 0.3) is 0 Å². The summed E-state index contributed by atoms with van der Waals surface area (Å²) < 4.78 is 20.9. The number of aromatic nitrogens is 6. The monoisotopic (exact) mass is 974 g/mol. The van der Waals surface area contributed by atoms with Gasteiger partial charge in [0.1, 0.15) is 11.6 Å². The molecular weight excluding hydrogens is 920 g/mol. The second kappa shape index (κ2) is 24.5. The third-order valence-corrected chi connectivity index (χ3v) is 11.6. The third kappa shape index (κ3) is 13.2. The van der Waals surface area contributed by atoms with Gasteiger partial charge in [-0.3, -0.25) is 0 Å². The van der Waals surface area contributed by atoms with E-state index in [0.717, 1.165) is 99.0 Å². The molecule has 0 spiro atoms. The number of halogens is 1. The first-order valence-corrected chi connectivity index (χ1v) is 23.7. The van der Waals surface area contributed by atoms with Gasteiger partial charge in [0.05, 0.1) is 62.0 Å². The summed E-state index contributed by atoms with van der Waals surface area (Å²) in [5.41, 5.74) is 14.9. The highest BCUT2D eigenvalue weighted by molar-refractivity contribution is 6.28. The molecule has 0 saturated carbocycles. The van der Waals surface area contributed by atoms with Gasteiger partial charge in [-0.05, 0) is 96.3 Å². The Kier molecular flexibility index (Phi) is 17.0. The number of nitrogens with two attached hydrogens (primary N) is 1. The SMILES string of the molecule is CCOC(=O)/C=C/c1cccc(-c2cnc(Cl)nc2N2CCOCC2)c1.CCOC(=O)/C=C/c1cccc(-c2cnc(Nc3cccc4cc[nH]c34)nc2N2CCOCC2)c1.Nc1cccc2cc[nH]c12. The molecule has 4 aromatic heterocycles. The number of esters is 2. The van der Waals surface area contributed by atoms with E-state index in [1.165, 1.54) is 17.5 Å². The van der Waals surface area contributed by atoms with Gasteiger partial charge in [-0.15, -0.1) is 0 Å². The molecule has 4 aromatic carbocycles. The summed E-state index contributed by atoms with van der Waals surface area (Å²) in [6, 6.07) is 31.7. The molecule has 71 heavy (non-hydrogen) atoms. The van der Waals surface area contributed by atoms with Crippen LogP contribution in [0.15, 0.2) is 134 Å².